The lowest BCUT2D eigenvalue weighted by molar-refractivity contribution is 0.0922. The molecular formula is C14H17ClN2O2. The van der Waals surface area contributed by atoms with Crippen LogP contribution in [0.2, 0.25) is 5.02 Å². The van der Waals surface area contributed by atoms with Gasteiger partial charge in [-0.2, -0.15) is 0 Å². The molecule has 0 bridgehead atoms. The number of furan rings is 1. The molecule has 2 atom stereocenters. The van der Waals surface area contributed by atoms with E-state index in [2.05, 4.69) is 5.43 Å². The fraction of sp³-hybridized carbons (Fsp3) is 0.429. The van der Waals surface area contributed by atoms with Crippen molar-refractivity contribution in [2.75, 3.05) is 6.61 Å². The summed E-state index contributed by atoms with van der Waals surface area (Å²) in [5, 5.41) is 1.62. The molecule has 3 N–H and O–H groups in total. The van der Waals surface area contributed by atoms with Crippen molar-refractivity contribution < 1.29 is 9.15 Å². The highest BCUT2D eigenvalue weighted by Gasteiger charge is 2.23. The molecule has 102 valence electrons. The van der Waals surface area contributed by atoms with Gasteiger partial charge in [0.15, 0.2) is 5.58 Å². The van der Waals surface area contributed by atoms with Crippen LogP contribution in [0.1, 0.15) is 31.1 Å². The summed E-state index contributed by atoms with van der Waals surface area (Å²) in [5.41, 5.74) is 3.52. The molecule has 1 aliphatic rings. The van der Waals surface area contributed by atoms with Crippen molar-refractivity contribution in [2.45, 2.75) is 31.4 Å². The highest BCUT2D eigenvalue weighted by Crippen LogP contribution is 2.32. The maximum atomic E-state index is 6.12. The van der Waals surface area contributed by atoms with Crippen LogP contribution in [0.5, 0.6) is 0 Å². The topological polar surface area (TPSA) is 60.4 Å². The van der Waals surface area contributed by atoms with Crippen molar-refractivity contribution in [3.8, 4) is 0 Å². The molecule has 0 aliphatic carbocycles. The Morgan fingerprint density at radius 2 is 2.37 bits per heavy atom. The molecule has 1 aliphatic heterocycles. The Kier molecular flexibility index (Phi) is 3.75. The SMILES string of the molecule is NNC(CC1CCCO1)c1cc2cccc(Cl)c2o1. The van der Waals surface area contributed by atoms with Crippen molar-refractivity contribution in [1.29, 1.82) is 0 Å². The van der Waals surface area contributed by atoms with E-state index >= 15 is 0 Å². The van der Waals surface area contributed by atoms with Crippen molar-refractivity contribution >= 4 is 22.6 Å². The van der Waals surface area contributed by atoms with E-state index in [1.54, 1.807) is 0 Å². The van der Waals surface area contributed by atoms with E-state index in [-0.39, 0.29) is 12.1 Å². The summed E-state index contributed by atoms with van der Waals surface area (Å²) in [6, 6.07) is 7.65. The Morgan fingerprint density at radius 1 is 1.47 bits per heavy atom. The van der Waals surface area contributed by atoms with E-state index in [1.165, 1.54) is 0 Å². The van der Waals surface area contributed by atoms with E-state index < -0.39 is 0 Å². The van der Waals surface area contributed by atoms with Gasteiger partial charge in [0, 0.05) is 12.0 Å². The normalized spacial score (nSPS) is 21.1. The highest BCUT2D eigenvalue weighted by atomic mass is 35.5. The Labute approximate surface area is 116 Å². The van der Waals surface area contributed by atoms with Gasteiger partial charge < -0.3 is 9.15 Å². The predicted octanol–water partition coefficient (Wildman–Crippen LogP) is 3.16. The first-order valence-electron chi connectivity index (χ1n) is 6.53. The minimum atomic E-state index is -0.0495. The fourth-order valence-corrected chi connectivity index (χ4v) is 2.80. The third-order valence-corrected chi connectivity index (χ3v) is 3.88. The summed E-state index contributed by atoms with van der Waals surface area (Å²) in [5.74, 6) is 6.45. The first-order valence-corrected chi connectivity index (χ1v) is 6.91. The molecule has 0 spiro atoms. The molecule has 19 heavy (non-hydrogen) atoms. The third-order valence-electron chi connectivity index (χ3n) is 3.58. The van der Waals surface area contributed by atoms with E-state index in [0.717, 1.165) is 37.0 Å². The second kappa shape index (κ2) is 5.51. The average Bonchev–Trinajstić information content (AvgIpc) is 3.05. The molecule has 0 radical (unpaired) electrons. The zero-order chi connectivity index (χ0) is 13.2. The fourth-order valence-electron chi connectivity index (χ4n) is 2.58. The minimum Gasteiger partial charge on any atom is -0.458 e. The Morgan fingerprint density at radius 3 is 3.05 bits per heavy atom. The zero-order valence-electron chi connectivity index (χ0n) is 10.6. The molecule has 1 aromatic heterocycles. The number of hydrogen-bond acceptors (Lipinski definition) is 4. The maximum absolute atomic E-state index is 6.12. The standard InChI is InChI=1S/C14H17ClN2O2/c15-11-5-1-3-9-7-13(19-14(9)11)12(17-16)8-10-4-2-6-18-10/h1,3,5,7,10,12,17H,2,4,6,8,16H2. The smallest absolute Gasteiger partial charge is 0.152 e. The minimum absolute atomic E-state index is 0.0495. The van der Waals surface area contributed by atoms with Gasteiger partial charge in [0.25, 0.3) is 0 Å². The monoisotopic (exact) mass is 280 g/mol. The molecule has 3 rings (SSSR count). The summed E-state index contributed by atoms with van der Waals surface area (Å²) in [6.07, 6.45) is 3.27. The number of nitrogens with two attached hydrogens (primary N) is 1. The summed E-state index contributed by atoms with van der Waals surface area (Å²) in [7, 11) is 0. The van der Waals surface area contributed by atoms with Crippen LogP contribution in [0, 0.1) is 0 Å². The van der Waals surface area contributed by atoms with E-state index in [9.17, 15) is 0 Å². The van der Waals surface area contributed by atoms with E-state index in [4.69, 9.17) is 26.6 Å². The number of nitrogens with one attached hydrogen (secondary N) is 1. The number of fused-ring (bicyclic) bond motifs is 1. The van der Waals surface area contributed by atoms with Gasteiger partial charge in [-0.15, -0.1) is 0 Å². The van der Waals surface area contributed by atoms with Crippen molar-refractivity contribution in [3.63, 3.8) is 0 Å². The van der Waals surface area contributed by atoms with Gasteiger partial charge >= 0.3 is 0 Å². The molecule has 4 nitrogen and oxygen atoms in total. The van der Waals surface area contributed by atoms with Gasteiger partial charge in [0.05, 0.1) is 17.2 Å². The van der Waals surface area contributed by atoms with Crippen LogP contribution in [-0.2, 0) is 4.74 Å². The molecule has 2 unspecified atom stereocenters. The van der Waals surface area contributed by atoms with Crippen molar-refractivity contribution in [2.24, 2.45) is 5.84 Å². The van der Waals surface area contributed by atoms with Gasteiger partial charge in [0.2, 0.25) is 0 Å². The quantitative estimate of drug-likeness (QED) is 0.667. The van der Waals surface area contributed by atoms with Crippen LogP contribution in [0.4, 0.5) is 0 Å². The number of rotatable bonds is 4. The van der Waals surface area contributed by atoms with E-state index in [1.807, 2.05) is 24.3 Å². The highest BCUT2D eigenvalue weighted by molar-refractivity contribution is 6.34. The number of ether oxygens (including phenoxy) is 1. The van der Waals surface area contributed by atoms with Crippen molar-refractivity contribution in [3.05, 3.63) is 35.0 Å². The van der Waals surface area contributed by atoms with E-state index in [0.29, 0.717) is 10.6 Å². The van der Waals surface area contributed by atoms with Gasteiger partial charge in [-0.25, -0.2) is 5.43 Å². The largest absolute Gasteiger partial charge is 0.458 e. The Hall–Kier alpha value is -1.07. The van der Waals surface area contributed by atoms with Crippen LogP contribution in [0.25, 0.3) is 11.0 Å². The van der Waals surface area contributed by atoms with Crippen LogP contribution in [-0.4, -0.2) is 12.7 Å². The second-order valence-corrected chi connectivity index (χ2v) is 5.30. The first-order chi connectivity index (χ1) is 9.28. The number of para-hydroxylation sites is 1. The molecule has 2 heterocycles. The molecule has 5 heteroatoms. The van der Waals surface area contributed by atoms with Gasteiger partial charge in [-0.05, 0) is 31.4 Å². The summed E-state index contributed by atoms with van der Waals surface area (Å²) in [6.45, 7) is 0.841. The number of hydrazine groups is 1. The summed E-state index contributed by atoms with van der Waals surface area (Å²) >= 11 is 6.12. The number of benzene rings is 1. The van der Waals surface area contributed by atoms with Gasteiger partial charge in [-0.1, -0.05) is 23.7 Å². The summed E-state index contributed by atoms with van der Waals surface area (Å²) in [4.78, 5) is 0. The van der Waals surface area contributed by atoms with Gasteiger partial charge in [0.1, 0.15) is 5.76 Å². The molecule has 0 saturated carbocycles. The van der Waals surface area contributed by atoms with Crippen LogP contribution >= 0.6 is 11.6 Å². The lowest BCUT2D eigenvalue weighted by atomic mass is 10.1. The lowest BCUT2D eigenvalue weighted by Gasteiger charge is -2.17. The third kappa shape index (κ3) is 2.62. The van der Waals surface area contributed by atoms with Gasteiger partial charge in [-0.3, -0.25) is 5.84 Å². The second-order valence-electron chi connectivity index (χ2n) is 4.90. The average molecular weight is 281 g/mol. The van der Waals surface area contributed by atoms with Crippen LogP contribution in [0.3, 0.4) is 0 Å². The molecule has 0 amide bonds. The Bertz CT molecular complexity index is 564. The number of hydrogen-bond donors (Lipinski definition) is 2. The van der Waals surface area contributed by atoms with Crippen molar-refractivity contribution in [1.82, 2.24) is 5.43 Å². The molecule has 1 saturated heterocycles. The summed E-state index contributed by atoms with van der Waals surface area (Å²) < 4.78 is 11.5. The lowest BCUT2D eigenvalue weighted by Crippen LogP contribution is -2.30. The maximum Gasteiger partial charge on any atom is 0.152 e. The predicted molar refractivity (Wildman–Crippen MR) is 74.9 cm³/mol. The first kappa shape index (κ1) is 12.9. The molecule has 1 aromatic carbocycles. The molecule has 1 fully saturated rings. The zero-order valence-corrected chi connectivity index (χ0v) is 11.3. The number of halogens is 1. The van der Waals surface area contributed by atoms with Crippen LogP contribution in [0.15, 0.2) is 28.7 Å². The molecule has 2 aromatic rings. The van der Waals surface area contributed by atoms with Crippen LogP contribution < -0.4 is 11.3 Å². The Balaban J connectivity index is 1.86. The molecular weight excluding hydrogens is 264 g/mol.